The second kappa shape index (κ2) is 9.09. The van der Waals surface area contributed by atoms with E-state index in [1.54, 1.807) is 0 Å². The molecular formula is C23H33N7O. The first kappa shape index (κ1) is 21.4. The Morgan fingerprint density at radius 3 is 2.23 bits per heavy atom. The van der Waals surface area contributed by atoms with Gasteiger partial charge in [0.05, 0.1) is 0 Å². The predicted octanol–water partition coefficient (Wildman–Crippen LogP) is 2.51. The van der Waals surface area contributed by atoms with Crippen LogP contribution in [0.25, 0.3) is 0 Å². The molecule has 4 rings (SSSR count). The highest BCUT2D eigenvalue weighted by molar-refractivity contribution is 5.90. The predicted molar refractivity (Wildman–Crippen MR) is 125 cm³/mol. The number of rotatable bonds is 3. The van der Waals surface area contributed by atoms with Crippen molar-refractivity contribution in [2.24, 2.45) is 0 Å². The fourth-order valence-electron chi connectivity index (χ4n) is 4.13. The summed E-state index contributed by atoms with van der Waals surface area (Å²) in [6.45, 7) is 12.9. The van der Waals surface area contributed by atoms with Crippen molar-refractivity contribution in [3.8, 4) is 0 Å². The number of nitrogens with one attached hydrogen (secondary N) is 1. The Bertz CT molecular complexity index is 932. The normalized spacial score (nSPS) is 17.7. The van der Waals surface area contributed by atoms with E-state index in [9.17, 15) is 4.79 Å². The van der Waals surface area contributed by atoms with Crippen molar-refractivity contribution in [3.05, 3.63) is 41.1 Å². The van der Waals surface area contributed by atoms with Gasteiger partial charge < -0.3 is 24.9 Å². The molecule has 3 heterocycles. The van der Waals surface area contributed by atoms with Crippen molar-refractivity contribution >= 4 is 23.5 Å². The van der Waals surface area contributed by atoms with Gasteiger partial charge >= 0.3 is 6.03 Å². The molecule has 2 amide bonds. The van der Waals surface area contributed by atoms with Crippen LogP contribution in [0.3, 0.4) is 0 Å². The average Bonchev–Trinajstić information content (AvgIpc) is 2.76. The molecule has 1 aromatic carbocycles. The molecule has 8 nitrogen and oxygen atoms in total. The number of carbonyl (C=O) groups is 1. The lowest BCUT2D eigenvalue weighted by Crippen LogP contribution is -2.50. The van der Waals surface area contributed by atoms with Gasteiger partial charge in [-0.1, -0.05) is 17.7 Å². The first-order valence-corrected chi connectivity index (χ1v) is 11.1. The highest BCUT2D eigenvalue weighted by Gasteiger charge is 2.24. The van der Waals surface area contributed by atoms with E-state index in [0.717, 1.165) is 68.0 Å². The van der Waals surface area contributed by atoms with Gasteiger partial charge in [-0.3, -0.25) is 0 Å². The number of hydrogen-bond acceptors (Lipinski definition) is 6. The zero-order valence-electron chi connectivity index (χ0n) is 19.1. The zero-order chi connectivity index (χ0) is 22.0. The first-order chi connectivity index (χ1) is 14.9. The molecule has 2 aromatic rings. The van der Waals surface area contributed by atoms with Gasteiger partial charge in [0.2, 0.25) is 5.95 Å². The maximum Gasteiger partial charge on any atom is 0.321 e. The van der Waals surface area contributed by atoms with Gasteiger partial charge in [0.25, 0.3) is 0 Å². The summed E-state index contributed by atoms with van der Waals surface area (Å²) >= 11 is 0. The highest BCUT2D eigenvalue weighted by atomic mass is 16.2. The van der Waals surface area contributed by atoms with E-state index in [4.69, 9.17) is 4.98 Å². The molecule has 2 aliphatic rings. The lowest BCUT2D eigenvalue weighted by molar-refractivity contribution is 0.208. The Morgan fingerprint density at radius 1 is 0.871 bits per heavy atom. The first-order valence-electron chi connectivity index (χ1n) is 11.1. The lowest BCUT2D eigenvalue weighted by Gasteiger charge is -2.36. The third-order valence-electron chi connectivity index (χ3n) is 6.13. The molecule has 0 spiro atoms. The summed E-state index contributed by atoms with van der Waals surface area (Å²) < 4.78 is 0. The van der Waals surface area contributed by atoms with Crippen LogP contribution in [-0.2, 0) is 0 Å². The van der Waals surface area contributed by atoms with E-state index in [2.05, 4.69) is 51.1 Å². The van der Waals surface area contributed by atoms with E-state index in [0.29, 0.717) is 13.1 Å². The number of nitrogens with zero attached hydrogens (tertiary/aromatic N) is 6. The van der Waals surface area contributed by atoms with Crippen LogP contribution in [0.15, 0.2) is 24.3 Å². The topological polar surface area (TPSA) is 67.8 Å². The average molecular weight is 424 g/mol. The second-order valence-corrected chi connectivity index (χ2v) is 8.68. The van der Waals surface area contributed by atoms with Crippen molar-refractivity contribution in [1.82, 2.24) is 19.8 Å². The quantitative estimate of drug-likeness (QED) is 0.818. The lowest BCUT2D eigenvalue weighted by atomic mass is 10.1. The van der Waals surface area contributed by atoms with Gasteiger partial charge in [-0.15, -0.1) is 0 Å². The van der Waals surface area contributed by atoms with Crippen LogP contribution < -0.4 is 15.1 Å². The van der Waals surface area contributed by atoms with Gasteiger partial charge in [-0.05, 0) is 39.4 Å². The molecule has 1 aromatic heterocycles. The van der Waals surface area contributed by atoms with Crippen LogP contribution in [0.1, 0.15) is 16.8 Å². The molecule has 1 N–H and O–H groups in total. The van der Waals surface area contributed by atoms with Gasteiger partial charge in [0.15, 0.2) is 0 Å². The minimum absolute atomic E-state index is 0.0464. The number of benzene rings is 1. The molecule has 0 bridgehead atoms. The minimum Gasteiger partial charge on any atom is -0.354 e. The molecule has 31 heavy (non-hydrogen) atoms. The number of urea groups is 1. The van der Waals surface area contributed by atoms with E-state index in [1.807, 2.05) is 30.9 Å². The van der Waals surface area contributed by atoms with Crippen molar-refractivity contribution in [2.45, 2.75) is 20.8 Å². The van der Waals surface area contributed by atoms with Crippen molar-refractivity contribution in [3.63, 3.8) is 0 Å². The van der Waals surface area contributed by atoms with Crippen molar-refractivity contribution in [2.75, 3.05) is 74.5 Å². The molecule has 2 saturated heterocycles. The Balaban J connectivity index is 1.37. The van der Waals surface area contributed by atoms with Crippen LogP contribution in [0.4, 0.5) is 22.2 Å². The number of aryl methyl sites for hydroxylation is 3. The molecule has 0 unspecified atom stereocenters. The molecular weight excluding hydrogens is 390 g/mol. The zero-order valence-corrected chi connectivity index (χ0v) is 19.1. The van der Waals surface area contributed by atoms with E-state index >= 15 is 0 Å². The van der Waals surface area contributed by atoms with Gasteiger partial charge in [0, 0.05) is 69.8 Å². The Morgan fingerprint density at radius 2 is 1.55 bits per heavy atom. The summed E-state index contributed by atoms with van der Waals surface area (Å²) in [6.07, 6.45) is 0. The van der Waals surface area contributed by atoms with Crippen molar-refractivity contribution in [1.29, 1.82) is 0 Å². The smallest absolute Gasteiger partial charge is 0.321 e. The Kier molecular flexibility index (Phi) is 6.27. The summed E-state index contributed by atoms with van der Waals surface area (Å²) in [5.41, 5.74) is 4.13. The number of amides is 2. The molecule has 166 valence electrons. The van der Waals surface area contributed by atoms with Gasteiger partial charge in [-0.2, -0.15) is 4.98 Å². The number of piperazine rings is 2. The largest absolute Gasteiger partial charge is 0.354 e. The van der Waals surface area contributed by atoms with Crippen LogP contribution in [0, 0.1) is 20.8 Å². The maximum absolute atomic E-state index is 12.7. The SMILES string of the molecule is Cc1ccc(NC(=O)N2CCN(c3nc(C)cc(N4CCN(C)CC4)n3)CC2)c(C)c1. The summed E-state index contributed by atoms with van der Waals surface area (Å²) in [5.74, 6) is 1.77. The molecule has 2 aliphatic heterocycles. The molecule has 2 fully saturated rings. The Labute approximate surface area is 184 Å². The summed E-state index contributed by atoms with van der Waals surface area (Å²) in [5, 5.41) is 3.05. The number of hydrogen-bond donors (Lipinski definition) is 1. The molecule has 0 saturated carbocycles. The van der Waals surface area contributed by atoms with Gasteiger partial charge in [0.1, 0.15) is 5.82 Å². The van der Waals surface area contributed by atoms with Crippen LogP contribution in [-0.4, -0.2) is 85.2 Å². The molecule has 0 aliphatic carbocycles. The molecule has 0 atom stereocenters. The number of likely N-dealkylation sites (N-methyl/N-ethyl adjacent to an activating group) is 1. The van der Waals surface area contributed by atoms with E-state index in [-0.39, 0.29) is 6.03 Å². The third-order valence-corrected chi connectivity index (χ3v) is 6.13. The summed E-state index contributed by atoms with van der Waals surface area (Å²) in [4.78, 5) is 31.0. The maximum atomic E-state index is 12.7. The monoisotopic (exact) mass is 423 g/mol. The van der Waals surface area contributed by atoms with E-state index in [1.165, 1.54) is 5.56 Å². The number of aromatic nitrogens is 2. The second-order valence-electron chi connectivity index (χ2n) is 8.68. The number of anilines is 3. The summed E-state index contributed by atoms with van der Waals surface area (Å²) in [6, 6.07) is 8.10. The van der Waals surface area contributed by atoms with Gasteiger partial charge in [-0.25, -0.2) is 9.78 Å². The highest BCUT2D eigenvalue weighted by Crippen LogP contribution is 2.21. The van der Waals surface area contributed by atoms with E-state index < -0.39 is 0 Å². The third kappa shape index (κ3) is 5.07. The van der Waals surface area contributed by atoms with Crippen LogP contribution in [0.2, 0.25) is 0 Å². The minimum atomic E-state index is -0.0464. The van der Waals surface area contributed by atoms with Crippen molar-refractivity contribution < 1.29 is 4.79 Å². The fraction of sp³-hybridized carbons (Fsp3) is 0.522. The number of carbonyl (C=O) groups excluding carboxylic acids is 1. The molecule has 0 radical (unpaired) electrons. The standard InChI is InChI=1S/C23H33N7O/c1-17-5-6-20(18(2)15-17)25-23(31)30-13-11-29(12-14-30)22-24-19(3)16-21(26-22)28-9-7-27(4)8-10-28/h5-6,15-16H,7-14H2,1-4H3,(H,25,31). The van der Waals surface area contributed by atoms with Crippen LogP contribution in [0.5, 0.6) is 0 Å². The Hall–Kier alpha value is -2.87. The van der Waals surface area contributed by atoms with Crippen LogP contribution >= 0.6 is 0 Å². The fourth-order valence-corrected chi connectivity index (χ4v) is 4.13. The molecule has 8 heteroatoms. The summed E-state index contributed by atoms with van der Waals surface area (Å²) in [7, 11) is 2.16.